The summed E-state index contributed by atoms with van der Waals surface area (Å²) in [5.74, 6) is 0. The molecule has 1 aliphatic rings. The van der Waals surface area contributed by atoms with Gasteiger partial charge in [-0.15, -0.1) is 6.58 Å². The van der Waals surface area contributed by atoms with E-state index in [4.69, 9.17) is 0 Å². The number of rotatable bonds is 2. The van der Waals surface area contributed by atoms with Gasteiger partial charge in [-0.3, -0.25) is 0 Å². The molecule has 2 atom stereocenters. The van der Waals surface area contributed by atoms with Crippen LogP contribution >= 0.6 is 0 Å². The fraction of sp³-hybridized carbons (Fsp3) is 0.550. The first-order valence-corrected chi connectivity index (χ1v) is 8.27. The van der Waals surface area contributed by atoms with Gasteiger partial charge in [-0.05, 0) is 54.0 Å². The minimum Gasteiger partial charge on any atom is -0.310 e. The van der Waals surface area contributed by atoms with Gasteiger partial charge < -0.3 is 9.80 Å². The second kappa shape index (κ2) is 5.40. The molecule has 0 aliphatic carbocycles. The molecule has 3 heteroatoms. The van der Waals surface area contributed by atoms with Crippen molar-refractivity contribution in [2.75, 3.05) is 0 Å². The van der Waals surface area contributed by atoms with Crippen molar-refractivity contribution in [3.8, 4) is 0 Å². The molecule has 0 aromatic heterocycles. The maximum Gasteiger partial charge on any atom is 0.322 e. The molecule has 2 amide bonds. The summed E-state index contributed by atoms with van der Waals surface area (Å²) < 4.78 is 0. The van der Waals surface area contributed by atoms with Gasteiger partial charge in [0.25, 0.3) is 0 Å². The molecular weight excluding hydrogens is 284 g/mol. The summed E-state index contributed by atoms with van der Waals surface area (Å²) in [6.45, 7) is 18.7. The monoisotopic (exact) mass is 314 g/mol. The highest BCUT2D eigenvalue weighted by atomic mass is 16.2. The molecule has 0 bridgehead atoms. The molecule has 126 valence electrons. The fourth-order valence-corrected chi connectivity index (χ4v) is 3.82. The van der Waals surface area contributed by atoms with E-state index in [9.17, 15) is 4.79 Å². The lowest BCUT2D eigenvalue weighted by molar-refractivity contribution is 0.104. The molecule has 1 aromatic carbocycles. The lowest BCUT2D eigenvalue weighted by Gasteiger charge is -2.43. The highest BCUT2D eigenvalue weighted by Gasteiger charge is 2.58. The Morgan fingerprint density at radius 3 is 1.96 bits per heavy atom. The third kappa shape index (κ3) is 2.77. The lowest BCUT2D eigenvalue weighted by atomic mass is 9.83. The smallest absolute Gasteiger partial charge is 0.310 e. The van der Waals surface area contributed by atoms with Crippen LogP contribution in [-0.4, -0.2) is 32.4 Å². The predicted octanol–water partition coefficient (Wildman–Crippen LogP) is 5.01. The highest BCUT2D eigenvalue weighted by Crippen LogP contribution is 2.49. The van der Waals surface area contributed by atoms with Crippen molar-refractivity contribution >= 4 is 6.03 Å². The number of amides is 2. The van der Waals surface area contributed by atoms with Gasteiger partial charge in [-0.25, -0.2) is 4.79 Å². The van der Waals surface area contributed by atoms with Crippen molar-refractivity contribution in [1.82, 2.24) is 9.80 Å². The van der Waals surface area contributed by atoms with Crippen LogP contribution in [0.2, 0.25) is 0 Å². The molecular formula is C20H30N2O. The Balaban J connectivity index is 2.72. The van der Waals surface area contributed by atoms with E-state index in [1.54, 1.807) is 0 Å². The number of nitrogens with zero attached hydrogens (tertiary/aromatic N) is 2. The minimum absolute atomic E-state index is 0.0621. The van der Waals surface area contributed by atoms with Crippen LogP contribution in [0, 0.1) is 0 Å². The van der Waals surface area contributed by atoms with Gasteiger partial charge in [-0.1, -0.05) is 36.4 Å². The van der Waals surface area contributed by atoms with Gasteiger partial charge in [0, 0.05) is 11.1 Å². The number of benzene rings is 1. The second-order valence-corrected chi connectivity index (χ2v) is 8.57. The SMILES string of the molecule is C=C[C@@]1(C)[C@H](c2ccccc2)N(C(C)(C)C)C(=O)N1C(C)(C)C. The maximum absolute atomic E-state index is 13.4. The minimum atomic E-state index is -0.468. The molecule has 2 rings (SSSR count). The molecule has 0 saturated carbocycles. The van der Waals surface area contributed by atoms with Crippen molar-refractivity contribution in [2.45, 2.75) is 71.1 Å². The summed E-state index contributed by atoms with van der Waals surface area (Å²) in [5, 5.41) is 0. The molecule has 0 N–H and O–H groups in total. The first-order valence-electron chi connectivity index (χ1n) is 8.27. The molecule has 0 spiro atoms. The van der Waals surface area contributed by atoms with Crippen LogP contribution in [0.25, 0.3) is 0 Å². The fourth-order valence-electron chi connectivity index (χ4n) is 3.82. The zero-order valence-corrected chi connectivity index (χ0v) is 15.6. The molecule has 1 heterocycles. The van der Waals surface area contributed by atoms with Crippen LogP contribution in [-0.2, 0) is 0 Å². The van der Waals surface area contributed by atoms with Crippen LogP contribution in [0.1, 0.15) is 60.1 Å². The third-order valence-corrected chi connectivity index (χ3v) is 4.61. The number of carbonyl (C=O) groups is 1. The lowest BCUT2D eigenvalue weighted by Crippen LogP contribution is -2.54. The van der Waals surface area contributed by atoms with Gasteiger partial charge in [0.15, 0.2) is 0 Å². The zero-order chi connectivity index (χ0) is 17.6. The Morgan fingerprint density at radius 1 is 1.04 bits per heavy atom. The Kier molecular flexibility index (Phi) is 4.13. The Labute approximate surface area is 141 Å². The van der Waals surface area contributed by atoms with E-state index in [0.29, 0.717) is 0 Å². The first-order chi connectivity index (χ1) is 10.4. The van der Waals surface area contributed by atoms with E-state index in [-0.39, 0.29) is 23.2 Å². The van der Waals surface area contributed by atoms with Crippen molar-refractivity contribution in [1.29, 1.82) is 0 Å². The van der Waals surface area contributed by atoms with Crippen LogP contribution in [0.15, 0.2) is 43.0 Å². The quantitative estimate of drug-likeness (QED) is 0.704. The van der Waals surface area contributed by atoms with Crippen LogP contribution in [0.4, 0.5) is 4.79 Å². The standard InChI is InChI=1S/C20H30N2O/c1-9-20(8)16(15-13-11-10-12-14-15)21(18(2,3)4)17(23)22(20)19(5,6)7/h9-14,16H,1H2,2-8H3/t16-,20-/m0/s1. The molecule has 1 saturated heterocycles. The number of urea groups is 1. The van der Waals surface area contributed by atoms with Gasteiger partial charge >= 0.3 is 6.03 Å². The van der Waals surface area contributed by atoms with Gasteiger partial charge in [-0.2, -0.15) is 0 Å². The van der Waals surface area contributed by atoms with E-state index in [0.717, 1.165) is 5.56 Å². The van der Waals surface area contributed by atoms with Crippen molar-refractivity contribution < 1.29 is 4.79 Å². The Morgan fingerprint density at radius 2 is 1.57 bits per heavy atom. The normalized spacial score (nSPS) is 25.9. The molecule has 0 radical (unpaired) electrons. The average molecular weight is 314 g/mol. The largest absolute Gasteiger partial charge is 0.322 e. The molecule has 0 unspecified atom stereocenters. The summed E-state index contributed by atoms with van der Waals surface area (Å²) in [5.41, 5.74) is 0.115. The van der Waals surface area contributed by atoms with Crippen LogP contribution < -0.4 is 0 Å². The third-order valence-electron chi connectivity index (χ3n) is 4.61. The Hall–Kier alpha value is -1.77. The second-order valence-electron chi connectivity index (χ2n) is 8.57. The van der Waals surface area contributed by atoms with E-state index in [2.05, 4.69) is 67.2 Å². The average Bonchev–Trinajstić information content (AvgIpc) is 2.67. The van der Waals surface area contributed by atoms with Gasteiger partial charge in [0.1, 0.15) is 0 Å². The maximum atomic E-state index is 13.4. The summed E-state index contributed by atoms with van der Waals surface area (Å²) in [4.78, 5) is 17.4. The van der Waals surface area contributed by atoms with Crippen LogP contribution in [0.5, 0.6) is 0 Å². The number of hydrogen-bond acceptors (Lipinski definition) is 1. The van der Waals surface area contributed by atoms with E-state index in [1.807, 2.05) is 34.1 Å². The summed E-state index contributed by atoms with van der Waals surface area (Å²) in [6, 6.07) is 10.3. The van der Waals surface area contributed by atoms with Crippen molar-refractivity contribution in [3.63, 3.8) is 0 Å². The van der Waals surface area contributed by atoms with E-state index >= 15 is 0 Å². The van der Waals surface area contributed by atoms with Crippen molar-refractivity contribution in [3.05, 3.63) is 48.6 Å². The van der Waals surface area contributed by atoms with Crippen molar-refractivity contribution in [2.24, 2.45) is 0 Å². The summed E-state index contributed by atoms with van der Waals surface area (Å²) >= 11 is 0. The summed E-state index contributed by atoms with van der Waals surface area (Å²) in [6.07, 6.45) is 1.93. The van der Waals surface area contributed by atoms with E-state index in [1.165, 1.54) is 0 Å². The van der Waals surface area contributed by atoms with Gasteiger partial charge in [0.2, 0.25) is 0 Å². The van der Waals surface area contributed by atoms with E-state index < -0.39 is 5.54 Å². The molecule has 3 nitrogen and oxygen atoms in total. The molecule has 1 aromatic rings. The highest BCUT2D eigenvalue weighted by molar-refractivity contribution is 5.81. The van der Waals surface area contributed by atoms with Crippen LogP contribution in [0.3, 0.4) is 0 Å². The first kappa shape index (κ1) is 17.6. The topological polar surface area (TPSA) is 23.6 Å². The number of carbonyl (C=O) groups excluding carboxylic acids is 1. The number of hydrogen-bond donors (Lipinski definition) is 0. The molecule has 1 fully saturated rings. The predicted molar refractivity (Wildman–Crippen MR) is 96.4 cm³/mol. The molecule has 23 heavy (non-hydrogen) atoms. The molecule has 1 aliphatic heterocycles. The summed E-state index contributed by atoms with van der Waals surface area (Å²) in [7, 11) is 0. The Bertz CT molecular complexity index is 594. The van der Waals surface area contributed by atoms with Gasteiger partial charge in [0.05, 0.1) is 11.6 Å². The zero-order valence-electron chi connectivity index (χ0n) is 15.6.